The average molecular weight is 325 g/mol. The van der Waals surface area contributed by atoms with Crippen LogP contribution in [0.4, 0.5) is 4.79 Å². The monoisotopic (exact) mass is 325 g/mol. The second-order valence-corrected chi connectivity index (χ2v) is 6.03. The number of urea groups is 1. The molecule has 1 aromatic rings. The zero-order valence-corrected chi connectivity index (χ0v) is 14.1. The van der Waals surface area contributed by atoms with E-state index in [1.165, 1.54) is 17.5 Å². The van der Waals surface area contributed by atoms with Crippen molar-refractivity contribution in [3.63, 3.8) is 0 Å². The normalized spacial score (nSPS) is 22.5. The summed E-state index contributed by atoms with van der Waals surface area (Å²) in [4.78, 5) is 35.1. The van der Waals surface area contributed by atoms with Gasteiger partial charge in [0.15, 0.2) is 5.92 Å². The average Bonchev–Trinajstić information content (AvgIpc) is 2.60. The molecule has 0 spiro atoms. The molecule has 2 aliphatic rings. The van der Waals surface area contributed by atoms with Crippen LogP contribution >= 0.6 is 0 Å². The molecular formula is C18H21N4O2+. The van der Waals surface area contributed by atoms with Crippen molar-refractivity contribution < 1.29 is 14.6 Å². The van der Waals surface area contributed by atoms with E-state index < -0.39 is 5.92 Å². The molecule has 0 aromatic heterocycles. The molecule has 1 fully saturated rings. The van der Waals surface area contributed by atoms with E-state index >= 15 is 0 Å². The molecular weight excluding hydrogens is 304 g/mol. The largest absolute Gasteiger partial charge is 0.417 e. The van der Waals surface area contributed by atoms with Gasteiger partial charge >= 0.3 is 6.03 Å². The summed E-state index contributed by atoms with van der Waals surface area (Å²) in [5, 5.41) is 0. The highest BCUT2D eigenvalue weighted by atomic mass is 16.2. The number of benzene rings is 1. The van der Waals surface area contributed by atoms with Gasteiger partial charge in [0.25, 0.3) is 11.7 Å². The van der Waals surface area contributed by atoms with Gasteiger partial charge in [0.05, 0.1) is 19.0 Å². The van der Waals surface area contributed by atoms with Gasteiger partial charge in [-0.25, -0.2) is 14.7 Å². The van der Waals surface area contributed by atoms with Gasteiger partial charge in [0.2, 0.25) is 0 Å². The van der Waals surface area contributed by atoms with Crippen molar-refractivity contribution in [1.82, 2.24) is 9.80 Å². The van der Waals surface area contributed by atoms with Crippen LogP contribution in [0, 0.1) is 5.92 Å². The molecule has 0 saturated carbocycles. The van der Waals surface area contributed by atoms with Crippen molar-refractivity contribution in [3.05, 3.63) is 47.7 Å². The van der Waals surface area contributed by atoms with Gasteiger partial charge in [-0.1, -0.05) is 30.3 Å². The van der Waals surface area contributed by atoms with Crippen molar-refractivity contribution in [1.29, 1.82) is 0 Å². The van der Waals surface area contributed by atoms with Gasteiger partial charge in [-0.15, -0.1) is 0 Å². The number of hydrogen-bond donors (Lipinski definition) is 1. The van der Waals surface area contributed by atoms with Crippen LogP contribution in [0.1, 0.15) is 12.5 Å². The van der Waals surface area contributed by atoms with E-state index in [0.29, 0.717) is 12.4 Å². The topological polar surface area (TPSA) is 67.0 Å². The fourth-order valence-electron chi connectivity index (χ4n) is 3.00. The quantitative estimate of drug-likeness (QED) is 0.863. The summed E-state index contributed by atoms with van der Waals surface area (Å²) in [7, 11) is 3.17. The summed E-state index contributed by atoms with van der Waals surface area (Å²) in [5.74, 6) is -0.211. The fourth-order valence-corrected chi connectivity index (χ4v) is 3.00. The van der Waals surface area contributed by atoms with Crippen LogP contribution in [0.2, 0.25) is 0 Å². The van der Waals surface area contributed by atoms with Crippen LogP contribution in [-0.4, -0.2) is 53.9 Å². The predicted molar refractivity (Wildman–Crippen MR) is 91.6 cm³/mol. The maximum atomic E-state index is 12.6. The number of rotatable bonds is 3. The lowest BCUT2D eigenvalue weighted by Gasteiger charge is -2.32. The fraction of sp³-hybridized carbons (Fsp3) is 0.333. The third-order valence-corrected chi connectivity index (χ3v) is 4.43. The number of amidine groups is 1. The Hall–Kier alpha value is -2.76. The SMILES string of the molecule is CC1=C[NH+]=C2C(C(=O)N(C)C(=O)N2C)C1=NCCc1ccccc1. The van der Waals surface area contributed by atoms with Gasteiger partial charge in [0, 0.05) is 19.2 Å². The van der Waals surface area contributed by atoms with Crippen LogP contribution < -0.4 is 4.99 Å². The first-order chi connectivity index (χ1) is 11.5. The molecule has 2 heterocycles. The summed E-state index contributed by atoms with van der Waals surface area (Å²) in [6.07, 6.45) is 2.61. The lowest BCUT2D eigenvalue weighted by molar-refractivity contribution is -0.383. The first-order valence-corrected chi connectivity index (χ1v) is 7.94. The number of amides is 3. The summed E-state index contributed by atoms with van der Waals surface area (Å²) >= 11 is 0. The number of nitrogens with zero attached hydrogens (tertiary/aromatic N) is 3. The Morgan fingerprint density at radius 1 is 1.12 bits per heavy atom. The van der Waals surface area contributed by atoms with Crippen LogP contribution in [0.3, 0.4) is 0 Å². The molecule has 1 unspecified atom stereocenters. The van der Waals surface area contributed by atoms with Crippen LogP contribution in [-0.2, 0) is 11.2 Å². The Kier molecular flexibility index (Phi) is 4.29. The Balaban J connectivity index is 1.86. The molecule has 2 aliphatic heterocycles. The lowest BCUT2D eigenvalue weighted by atomic mass is 9.91. The predicted octanol–water partition coefficient (Wildman–Crippen LogP) is 0.207. The lowest BCUT2D eigenvalue weighted by Crippen LogP contribution is -2.80. The second kappa shape index (κ2) is 6.39. The standard InChI is InChI=1S/C18H20N4O2/c1-12-11-20-16-14(17(23)22(3)18(24)21(16)2)15(12)19-10-9-13-7-5-4-6-8-13/h4-8,11,14H,9-10H2,1-3H3/p+1. The Labute approximate surface area is 141 Å². The molecule has 1 atom stereocenters. The zero-order valence-electron chi connectivity index (χ0n) is 14.1. The second-order valence-electron chi connectivity index (χ2n) is 6.03. The minimum absolute atomic E-state index is 0.244. The maximum absolute atomic E-state index is 12.6. The Morgan fingerprint density at radius 3 is 2.54 bits per heavy atom. The number of carbonyl (C=O) groups excluding carboxylic acids is 2. The third-order valence-electron chi connectivity index (χ3n) is 4.43. The molecule has 6 heteroatoms. The van der Waals surface area contributed by atoms with E-state index in [-0.39, 0.29) is 11.9 Å². The number of nitrogens with one attached hydrogen (secondary N) is 1. The summed E-state index contributed by atoms with van der Waals surface area (Å²) in [6.45, 7) is 2.53. The van der Waals surface area contributed by atoms with Gasteiger partial charge in [-0.3, -0.25) is 9.79 Å². The highest BCUT2D eigenvalue weighted by molar-refractivity contribution is 6.31. The van der Waals surface area contributed by atoms with E-state index in [1.807, 2.05) is 25.1 Å². The van der Waals surface area contributed by atoms with E-state index in [4.69, 9.17) is 4.99 Å². The first-order valence-electron chi connectivity index (χ1n) is 7.94. The highest BCUT2D eigenvalue weighted by Crippen LogP contribution is 2.20. The van der Waals surface area contributed by atoms with E-state index in [9.17, 15) is 9.59 Å². The van der Waals surface area contributed by atoms with E-state index in [2.05, 4.69) is 17.1 Å². The molecule has 3 amide bonds. The molecule has 0 aliphatic carbocycles. The van der Waals surface area contributed by atoms with Crippen molar-refractivity contribution in [2.45, 2.75) is 13.3 Å². The number of imide groups is 1. The maximum Gasteiger partial charge on any atom is 0.417 e. The van der Waals surface area contributed by atoms with Crippen molar-refractivity contribution in [2.24, 2.45) is 10.9 Å². The highest BCUT2D eigenvalue weighted by Gasteiger charge is 2.50. The summed E-state index contributed by atoms with van der Waals surface area (Å²) < 4.78 is 0. The van der Waals surface area contributed by atoms with Crippen LogP contribution in [0.5, 0.6) is 0 Å². The van der Waals surface area contributed by atoms with Gasteiger partial charge < -0.3 is 0 Å². The Morgan fingerprint density at radius 2 is 1.83 bits per heavy atom. The van der Waals surface area contributed by atoms with Gasteiger partial charge in [0.1, 0.15) is 0 Å². The van der Waals surface area contributed by atoms with E-state index in [0.717, 1.165) is 22.6 Å². The molecule has 0 radical (unpaired) electrons. The number of aliphatic imine (C=N–C) groups is 1. The number of hydrogen-bond acceptors (Lipinski definition) is 3. The molecule has 124 valence electrons. The minimum atomic E-state index is -0.543. The van der Waals surface area contributed by atoms with E-state index in [1.54, 1.807) is 13.2 Å². The first kappa shape index (κ1) is 16.1. The number of fused-ring (bicyclic) bond motifs is 1. The third kappa shape index (κ3) is 2.75. The van der Waals surface area contributed by atoms with Crippen LogP contribution in [0.25, 0.3) is 0 Å². The minimum Gasteiger partial charge on any atom is -0.287 e. The molecule has 24 heavy (non-hydrogen) atoms. The number of allylic oxidation sites excluding steroid dienone is 1. The molecule has 1 N–H and O–H groups in total. The number of carbonyl (C=O) groups is 2. The Bertz CT molecular complexity index is 764. The van der Waals surface area contributed by atoms with Crippen molar-refractivity contribution in [3.8, 4) is 0 Å². The molecule has 0 bridgehead atoms. The summed E-state index contributed by atoms with van der Waals surface area (Å²) in [6, 6.07) is 9.79. The van der Waals surface area contributed by atoms with Crippen LogP contribution in [0.15, 0.2) is 47.1 Å². The van der Waals surface area contributed by atoms with Gasteiger partial charge in [-0.05, 0) is 18.9 Å². The summed E-state index contributed by atoms with van der Waals surface area (Å²) in [5.41, 5.74) is 2.86. The molecule has 6 nitrogen and oxygen atoms in total. The zero-order chi connectivity index (χ0) is 17.3. The van der Waals surface area contributed by atoms with Crippen molar-refractivity contribution in [2.75, 3.05) is 20.6 Å². The molecule has 1 aromatic carbocycles. The van der Waals surface area contributed by atoms with Crippen molar-refractivity contribution >= 4 is 23.5 Å². The molecule has 3 rings (SSSR count). The molecule has 1 saturated heterocycles. The smallest absolute Gasteiger partial charge is 0.287 e. The van der Waals surface area contributed by atoms with Gasteiger partial charge in [-0.2, -0.15) is 4.90 Å².